The van der Waals surface area contributed by atoms with Crippen molar-refractivity contribution < 1.29 is 0 Å². The van der Waals surface area contributed by atoms with Crippen LogP contribution in [0.2, 0.25) is 0 Å². The first-order valence-corrected chi connectivity index (χ1v) is 7.14. The molecule has 0 bridgehead atoms. The molecule has 1 N–H and O–H groups in total. The molecule has 1 saturated heterocycles. The largest absolute Gasteiger partial charge is 0.354 e. The molecule has 1 aliphatic heterocycles. The number of pyridine rings is 1. The maximum absolute atomic E-state index is 4.97. The van der Waals surface area contributed by atoms with Gasteiger partial charge in [-0.25, -0.2) is 4.98 Å². The van der Waals surface area contributed by atoms with E-state index >= 15 is 0 Å². The minimum Gasteiger partial charge on any atom is -0.354 e. The van der Waals surface area contributed by atoms with E-state index in [1.807, 2.05) is 0 Å². The summed E-state index contributed by atoms with van der Waals surface area (Å²) in [4.78, 5) is 7.39. The lowest BCUT2D eigenvalue weighted by Gasteiger charge is -2.30. The van der Waals surface area contributed by atoms with E-state index in [1.165, 1.54) is 22.3 Å². The average molecular weight is 255 g/mol. The number of hydrogen-bond donors (Lipinski definition) is 1. The molecule has 2 aromatic rings. The van der Waals surface area contributed by atoms with Crippen LogP contribution in [0, 0.1) is 6.92 Å². The summed E-state index contributed by atoms with van der Waals surface area (Å²) in [5, 5.41) is 4.66. The molecule has 0 aliphatic carbocycles. The van der Waals surface area contributed by atoms with Gasteiger partial charge in [-0.05, 0) is 30.5 Å². The quantitative estimate of drug-likeness (QED) is 0.893. The molecule has 3 nitrogen and oxygen atoms in total. The van der Waals surface area contributed by atoms with Crippen molar-refractivity contribution in [3.8, 4) is 0 Å². The smallest absolute Gasteiger partial charge is 0.132 e. The number of nitrogens with zero attached hydrogens (tertiary/aromatic N) is 2. The second kappa shape index (κ2) is 5.17. The van der Waals surface area contributed by atoms with Crippen LogP contribution in [0.1, 0.15) is 18.1 Å². The lowest BCUT2D eigenvalue weighted by Crippen LogP contribution is -2.44. The second-order valence-corrected chi connectivity index (χ2v) is 5.21. The van der Waals surface area contributed by atoms with Gasteiger partial charge in [-0.1, -0.05) is 25.1 Å². The molecule has 0 saturated carbocycles. The van der Waals surface area contributed by atoms with E-state index in [0.29, 0.717) is 0 Å². The first-order valence-electron chi connectivity index (χ1n) is 7.14. The first-order chi connectivity index (χ1) is 9.29. The summed E-state index contributed by atoms with van der Waals surface area (Å²) < 4.78 is 0. The van der Waals surface area contributed by atoms with Crippen molar-refractivity contribution in [1.82, 2.24) is 10.3 Å². The Kier molecular flexibility index (Phi) is 3.38. The maximum Gasteiger partial charge on any atom is 0.132 e. The predicted molar refractivity (Wildman–Crippen MR) is 80.9 cm³/mol. The van der Waals surface area contributed by atoms with Gasteiger partial charge >= 0.3 is 0 Å². The number of hydrogen-bond acceptors (Lipinski definition) is 3. The number of benzene rings is 1. The Hall–Kier alpha value is -1.61. The van der Waals surface area contributed by atoms with Gasteiger partial charge in [-0.3, -0.25) is 0 Å². The molecule has 1 aromatic heterocycles. The van der Waals surface area contributed by atoms with Crippen molar-refractivity contribution in [2.75, 3.05) is 31.1 Å². The highest BCUT2D eigenvalue weighted by Gasteiger charge is 2.16. The fourth-order valence-electron chi connectivity index (χ4n) is 2.79. The monoisotopic (exact) mass is 255 g/mol. The molecule has 3 rings (SSSR count). The molecule has 1 aromatic carbocycles. The third-order valence-corrected chi connectivity index (χ3v) is 3.90. The third-order valence-electron chi connectivity index (χ3n) is 3.90. The zero-order chi connectivity index (χ0) is 13.2. The van der Waals surface area contributed by atoms with E-state index < -0.39 is 0 Å². The van der Waals surface area contributed by atoms with Crippen molar-refractivity contribution in [1.29, 1.82) is 0 Å². The van der Waals surface area contributed by atoms with Crippen LogP contribution >= 0.6 is 0 Å². The molecule has 100 valence electrons. The number of rotatable bonds is 2. The Morgan fingerprint density at radius 1 is 1.26 bits per heavy atom. The van der Waals surface area contributed by atoms with E-state index in [1.54, 1.807) is 0 Å². The first kappa shape index (κ1) is 12.4. The summed E-state index contributed by atoms with van der Waals surface area (Å²) in [6, 6.07) is 8.73. The fraction of sp³-hybridized carbons (Fsp3) is 0.438. The van der Waals surface area contributed by atoms with Crippen molar-refractivity contribution >= 4 is 16.7 Å². The standard InChI is InChI=1S/C16H21N3/c1-3-13-11-14-6-4-5-12(2)15(14)18-16(13)19-9-7-17-8-10-19/h4-6,11,17H,3,7-10H2,1-2H3. The third kappa shape index (κ3) is 2.30. The van der Waals surface area contributed by atoms with Gasteiger partial charge in [-0.2, -0.15) is 0 Å². The number of aryl methyl sites for hydroxylation is 2. The minimum absolute atomic E-state index is 1.04. The Morgan fingerprint density at radius 2 is 2.05 bits per heavy atom. The Bertz CT molecular complexity index is 586. The van der Waals surface area contributed by atoms with E-state index in [9.17, 15) is 0 Å². The van der Waals surface area contributed by atoms with E-state index in [-0.39, 0.29) is 0 Å². The van der Waals surface area contributed by atoms with Crippen molar-refractivity contribution in [2.45, 2.75) is 20.3 Å². The number of anilines is 1. The Labute approximate surface area is 114 Å². The van der Waals surface area contributed by atoms with Crippen LogP contribution < -0.4 is 10.2 Å². The SMILES string of the molecule is CCc1cc2cccc(C)c2nc1N1CCNCC1. The molecule has 1 fully saturated rings. The fourth-order valence-corrected chi connectivity index (χ4v) is 2.79. The summed E-state index contributed by atoms with van der Waals surface area (Å²) in [6.07, 6.45) is 1.04. The highest BCUT2D eigenvalue weighted by atomic mass is 15.2. The number of para-hydroxylation sites is 1. The number of aromatic nitrogens is 1. The van der Waals surface area contributed by atoms with Crippen LogP contribution in [0.3, 0.4) is 0 Å². The highest BCUT2D eigenvalue weighted by Crippen LogP contribution is 2.26. The van der Waals surface area contributed by atoms with Crippen LogP contribution in [-0.4, -0.2) is 31.2 Å². The maximum atomic E-state index is 4.97. The lowest BCUT2D eigenvalue weighted by atomic mass is 10.1. The summed E-state index contributed by atoms with van der Waals surface area (Å²) in [5.74, 6) is 1.19. The topological polar surface area (TPSA) is 28.2 Å². The van der Waals surface area contributed by atoms with Gasteiger partial charge < -0.3 is 10.2 Å². The van der Waals surface area contributed by atoms with E-state index in [2.05, 4.69) is 48.3 Å². The van der Waals surface area contributed by atoms with Crippen LogP contribution in [0.4, 0.5) is 5.82 Å². The van der Waals surface area contributed by atoms with Gasteiger partial charge in [0, 0.05) is 31.6 Å². The van der Waals surface area contributed by atoms with Crippen LogP contribution in [0.15, 0.2) is 24.3 Å². The minimum atomic E-state index is 1.04. The summed E-state index contributed by atoms with van der Waals surface area (Å²) >= 11 is 0. The summed E-state index contributed by atoms with van der Waals surface area (Å²) in [5.41, 5.74) is 3.77. The van der Waals surface area contributed by atoms with Crippen molar-refractivity contribution in [3.63, 3.8) is 0 Å². The highest BCUT2D eigenvalue weighted by molar-refractivity contribution is 5.84. The van der Waals surface area contributed by atoms with Gasteiger partial charge in [0.15, 0.2) is 0 Å². The molecular formula is C16H21N3. The zero-order valence-corrected chi connectivity index (χ0v) is 11.7. The normalized spacial score (nSPS) is 16.0. The van der Waals surface area contributed by atoms with Crippen molar-refractivity contribution in [2.24, 2.45) is 0 Å². The molecule has 0 radical (unpaired) electrons. The lowest BCUT2D eigenvalue weighted by molar-refractivity contribution is 0.584. The van der Waals surface area contributed by atoms with Crippen LogP contribution in [-0.2, 0) is 6.42 Å². The van der Waals surface area contributed by atoms with Crippen molar-refractivity contribution in [3.05, 3.63) is 35.4 Å². The molecule has 2 heterocycles. The summed E-state index contributed by atoms with van der Waals surface area (Å²) in [7, 11) is 0. The molecule has 19 heavy (non-hydrogen) atoms. The Morgan fingerprint density at radius 3 is 2.79 bits per heavy atom. The van der Waals surface area contributed by atoms with E-state index in [0.717, 1.165) is 38.1 Å². The summed E-state index contributed by atoms with van der Waals surface area (Å²) in [6.45, 7) is 8.56. The molecular weight excluding hydrogens is 234 g/mol. The Balaban J connectivity index is 2.13. The zero-order valence-electron chi connectivity index (χ0n) is 11.7. The van der Waals surface area contributed by atoms with Gasteiger partial charge in [-0.15, -0.1) is 0 Å². The van der Waals surface area contributed by atoms with Crippen LogP contribution in [0.25, 0.3) is 10.9 Å². The molecule has 0 amide bonds. The molecule has 0 spiro atoms. The second-order valence-electron chi connectivity index (χ2n) is 5.21. The molecule has 0 unspecified atom stereocenters. The van der Waals surface area contributed by atoms with Crippen LogP contribution in [0.5, 0.6) is 0 Å². The number of fused-ring (bicyclic) bond motifs is 1. The number of nitrogens with one attached hydrogen (secondary N) is 1. The predicted octanol–water partition coefficient (Wildman–Crippen LogP) is 2.52. The molecule has 3 heteroatoms. The van der Waals surface area contributed by atoms with Gasteiger partial charge in [0.1, 0.15) is 5.82 Å². The van der Waals surface area contributed by atoms with E-state index in [4.69, 9.17) is 4.98 Å². The molecule has 1 aliphatic rings. The average Bonchev–Trinajstić information content (AvgIpc) is 2.47. The van der Waals surface area contributed by atoms with Gasteiger partial charge in [0.2, 0.25) is 0 Å². The van der Waals surface area contributed by atoms with Gasteiger partial charge in [0.25, 0.3) is 0 Å². The molecule has 0 atom stereocenters. The van der Waals surface area contributed by atoms with Gasteiger partial charge in [0.05, 0.1) is 5.52 Å². The number of piperazine rings is 1.